The van der Waals surface area contributed by atoms with Crippen LogP contribution in [-0.4, -0.2) is 23.4 Å². The lowest BCUT2D eigenvalue weighted by atomic mass is 10.1. The largest absolute Gasteiger partial charge is 0.462 e. The van der Waals surface area contributed by atoms with Crippen LogP contribution in [0, 0.1) is 0 Å². The van der Waals surface area contributed by atoms with Crippen LogP contribution in [0.15, 0.2) is 83.8 Å². The summed E-state index contributed by atoms with van der Waals surface area (Å²) >= 11 is 7.65. The summed E-state index contributed by atoms with van der Waals surface area (Å²) < 4.78 is 5.05. The quantitative estimate of drug-likeness (QED) is 0.316. The lowest BCUT2D eigenvalue weighted by Gasteiger charge is -2.24. The van der Waals surface area contributed by atoms with E-state index in [1.54, 1.807) is 19.1 Å². The summed E-state index contributed by atoms with van der Waals surface area (Å²) in [6.45, 7) is 2.54. The normalized spacial score (nSPS) is 17.1. The Balaban J connectivity index is 1.62. The minimum Gasteiger partial charge on any atom is -0.462 e. The van der Waals surface area contributed by atoms with Gasteiger partial charge in [0.1, 0.15) is 5.37 Å². The summed E-state index contributed by atoms with van der Waals surface area (Å²) in [6.07, 6.45) is 1.89. The maximum Gasteiger partial charge on any atom is 0.338 e. The van der Waals surface area contributed by atoms with Crippen LogP contribution in [0.5, 0.6) is 0 Å². The van der Waals surface area contributed by atoms with Crippen molar-refractivity contribution in [3.8, 4) is 0 Å². The summed E-state index contributed by atoms with van der Waals surface area (Å²) in [6, 6.07) is 24.6. The number of rotatable bonds is 6. The number of ether oxygens (including phenoxy) is 1. The molecule has 1 amide bonds. The van der Waals surface area contributed by atoms with Gasteiger partial charge in [0.2, 0.25) is 0 Å². The molecule has 32 heavy (non-hydrogen) atoms. The first-order valence-corrected chi connectivity index (χ1v) is 11.6. The van der Waals surface area contributed by atoms with Crippen LogP contribution in [-0.2, 0) is 16.1 Å². The third-order valence-electron chi connectivity index (χ3n) is 5.04. The maximum atomic E-state index is 13.4. The summed E-state index contributed by atoms with van der Waals surface area (Å²) in [5.41, 5.74) is 3.39. The molecule has 3 aromatic rings. The highest BCUT2D eigenvalue weighted by atomic mass is 35.5. The van der Waals surface area contributed by atoms with E-state index in [1.807, 2.05) is 77.7 Å². The number of carbonyl (C=O) groups excluding carboxylic acids is 2. The molecule has 0 N–H and O–H groups in total. The number of amides is 1. The van der Waals surface area contributed by atoms with E-state index in [9.17, 15) is 9.59 Å². The van der Waals surface area contributed by atoms with E-state index in [1.165, 1.54) is 11.8 Å². The minimum absolute atomic E-state index is 0.0294. The van der Waals surface area contributed by atoms with Gasteiger partial charge in [-0.05, 0) is 54.0 Å². The number of halogens is 1. The molecule has 0 aromatic heterocycles. The summed E-state index contributed by atoms with van der Waals surface area (Å²) in [4.78, 5) is 27.8. The fourth-order valence-electron chi connectivity index (χ4n) is 3.50. The molecule has 1 saturated heterocycles. The summed E-state index contributed by atoms with van der Waals surface area (Å²) in [7, 11) is 0. The second-order valence-corrected chi connectivity index (χ2v) is 8.85. The molecule has 0 radical (unpaired) electrons. The van der Waals surface area contributed by atoms with Crippen molar-refractivity contribution in [3.63, 3.8) is 0 Å². The monoisotopic (exact) mass is 463 g/mol. The smallest absolute Gasteiger partial charge is 0.338 e. The summed E-state index contributed by atoms with van der Waals surface area (Å²) in [5.74, 6) is -0.376. The predicted octanol–water partition coefficient (Wildman–Crippen LogP) is 6.33. The van der Waals surface area contributed by atoms with E-state index >= 15 is 0 Å². The number of carbonyl (C=O) groups is 2. The van der Waals surface area contributed by atoms with E-state index in [4.69, 9.17) is 16.3 Å². The zero-order valence-electron chi connectivity index (χ0n) is 17.5. The molecule has 0 aliphatic carbocycles. The lowest BCUT2D eigenvalue weighted by Crippen LogP contribution is -2.27. The van der Waals surface area contributed by atoms with Gasteiger partial charge in [0, 0.05) is 11.6 Å². The van der Waals surface area contributed by atoms with Crippen molar-refractivity contribution in [1.29, 1.82) is 0 Å². The number of nitrogens with zero attached hydrogens (tertiary/aromatic N) is 1. The summed E-state index contributed by atoms with van der Waals surface area (Å²) in [5, 5.41) is 0.492. The first-order chi connectivity index (χ1) is 15.5. The fraction of sp³-hybridized carbons (Fsp3) is 0.154. The van der Waals surface area contributed by atoms with Crippen molar-refractivity contribution < 1.29 is 14.3 Å². The highest BCUT2D eigenvalue weighted by Gasteiger charge is 2.37. The zero-order valence-corrected chi connectivity index (χ0v) is 19.1. The lowest BCUT2D eigenvalue weighted by molar-refractivity contribution is -0.126. The van der Waals surface area contributed by atoms with Gasteiger partial charge in [-0.15, -0.1) is 0 Å². The Morgan fingerprint density at radius 2 is 1.81 bits per heavy atom. The number of hydrogen-bond acceptors (Lipinski definition) is 4. The van der Waals surface area contributed by atoms with Crippen LogP contribution < -0.4 is 0 Å². The molecule has 4 nitrogen and oxygen atoms in total. The van der Waals surface area contributed by atoms with Gasteiger partial charge in [0.15, 0.2) is 0 Å². The third kappa shape index (κ3) is 5.06. The second-order valence-electron chi connectivity index (χ2n) is 7.29. The Morgan fingerprint density at radius 3 is 2.50 bits per heavy atom. The van der Waals surface area contributed by atoms with E-state index < -0.39 is 0 Å². The van der Waals surface area contributed by atoms with Crippen LogP contribution in [0.25, 0.3) is 6.08 Å². The SMILES string of the molecule is CCOC(=O)c1ccc(CN2C(=O)/C(=C/c3cccc(Cl)c3)SC2c2ccccc2)cc1. The van der Waals surface area contributed by atoms with Gasteiger partial charge >= 0.3 is 5.97 Å². The van der Waals surface area contributed by atoms with E-state index in [0.717, 1.165) is 16.7 Å². The highest BCUT2D eigenvalue weighted by molar-refractivity contribution is 8.04. The van der Waals surface area contributed by atoms with Crippen LogP contribution in [0.4, 0.5) is 0 Å². The molecule has 162 valence electrons. The second kappa shape index (κ2) is 10.1. The van der Waals surface area contributed by atoms with Crippen LogP contribution in [0.3, 0.4) is 0 Å². The average molecular weight is 464 g/mol. The first kappa shape index (κ1) is 22.2. The van der Waals surface area contributed by atoms with E-state index in [0.29, 0.717) is 28.6 Å². The molecular formula is C26H22ClNO3S. The minimum atomic E-state index is -0.347. The fourth-order valence-corrected chi connectivity index (χ4v) is 4.96. The van der Waals surface area contributed by atoms with Crippen molar-refractivity contribution >= 4 is 41.3 Å². The first-order valence-electron chi connectivity index (χ1n) is 10.3. The van der Waals surface area contributed by atoms with Gasteiger partial charge in [-0.1, -0.05) is 78.0 Å². The number of thioether (sulfide) groups is 1. The Hall–Kier alpha value is -3.02. The van der Waals surface area contributed by atoms with E-state index in [-0.39, 0.29) is 17.3 Å². The van der Waals surface area contributed by atoms with Gasteiger partial charge in [0.25, 0.3) is 5.91 Å². The molecule has 1 fully saturated rings. The van der Waals surface area contributed by atoms with Gasteiger partial charge in [0.05, 0.1) is 17.1 Å². The molecule has 0 spiro atoms. The molecule has 0 bridgehead atoms. The third-order valence-corrected chi connectivity index (χ3v) is 6.57. The van der Waals surface area contributed by atoms with Crippen molar-refractivity contribution in [2.75, 3.05) is 6.61 Å². The molecule has 6 heteroatoms. The molecule has 4 rings (SSSR count). The van der Waals surface area contributed by atoms with Crippen molar-refractivity contribution in [2.24, 2.45) is 0 Å². The van der Waals surface area contributed by atoms with Crippen molar-refractivity contribution in [1.82, 2.24) is 4.90 Å². The van der Waals surface area contributed by atoms with E-state index in [2.05, 4.69) is 0 Å². The van der Waals surface area contributed by atoms with Crippen molar-refractivity contribution in [3.05, 3.63) is 111 Å². The molecule has 1 heterocycles. The molecular weight excluding hydrogens is 442 g/mol. The van der Waals surface area contributed by atoms with Gasteiger partial charge in [-0.25, -0.2) is 4.79 Å². The van der Waals surface area contributed by atoms with Crippen molar-refractivity contribution in [2.45, 2.75) is 18.8 Å². The van der Waals surface area contributed by atoms with Crippen LogP contribution >= 0.6 is 23.4 Å². The van der Waals surface area contributed by atoms with Gasteiger partial charge in [-0.3, -0.25) is 4.79 Å². The number of esters is 1. The Morgan fingerprint density at radius 1 is 1.06 bits per heavy atom. The standard InChI is InChI=1S/C26H22ClNO3S/c1-2-31-26(30)21-13-11-18(12-14-21)17-28-24(29)23(16-19-7-6-10-22(27)15-19)32-25(28)20-8-4-3-5-9-20/h3-16,25H,2,17H2,1H3/b23-16-. The Bertz CT molecular complexity index is 1150. The highest BCUT2D eigenvalue weighted by Crippen LogP contribution is 2.46. The van der Waals surface area contributed by atoms with Crippen LogP contribution in [0.2, 0.25) is 5.02 Å². The molecule has 1 aliphatic heterocycles. The molecule has 1 aliphatic rings. The molecule has 0 saturated carbocycles. The molecule has 1 atom stereocenters. The topological polar surface area (TPSA) is 46.6 Å². The maximum absolute atomic E-state index is 13.4. The Labute approximate surface area is 196 Å². The number of benzene rings is 3. The van der Waals surface area contributed by atoms with Gasteiger partial charge in [-0.2, -0.15) is 0 Å². The molecule has 1 unspecified atom stereocenters. The van der Waals surface area contributed by atoms with Crippen LogP contribution in [0.1, 0.15) is 39.3 Å². The molecule has 3 aromatic carbocycles. The van der Waals surface area contributed by atoms with Gasteiger partial charge < -0.3 is 9.64 Å². The zero-order chi connectivity index (χ0) is 22.5. The predicted molar refractivity (Wildman–Crippen MR) is 129 cm³/mol. The number of hydrogen-bond donors (Lipinski definition) is 0. The Kier molecular flexibility index (Phi) is 6.98. The average Bonchev–Trinajstić information content (AvgIpc) is 3.10.